The Morgan fingerprint density at radius 1 is 1.23 bits per heavy atom. The molecule has 1 aromatic rings. The van der Waals surface area contributed by atoms with E-state index in [2.05, 4.69) is 33.7 Å². The molecule has 1 saturated heterocycles. The van der Waals surface area contributed by atoms with Crippen molar-refractivity contribution in [3.05, 3.63) is 35.9 Å². The van der Waals surface area contributed by atoms with E-state index in [0.717, 1.165) is 38.3 Å². The van der Waals surface area contributed by atoms with Crippen LogP contribution in [0.2, 0.25) is 0 Å². The van der Waals surface area contributed by atoms with E-state index in [1.165, 1.54) is 18.2 Å². The molecule has 1 N–H and O–H groups in total. The number of halogens is 2. The zero-order valence-corrected chi connectivity index (χ0v) is 15.3. The Labute approximate surface area is 153 Å². The number of carbonyl (C=O) groups excluding carboxylic acids is 1. The first-order valence-electron chi connectivity index (χ1n) is 8.95. The van der Waals surface area contributed by atoms with Gasteiger partial charge < -0.3 is 15.0 Å². The van der Waals surface area contributed by atoms with Crippen LogP contribution in [0.15, 0.2) is 30.3 Å². The van der Waals surface area contributed by atoms with Crippen LogP contribution in [0.3, 0.4) is 0 Å². The highest BCUT2D eigenvalue weighted by atomic mass is 19.3. The van der Waals surface area contributed by atoms with Crippen molar-refractivity contribution in [2.45, 2.75) is 26.5 Å². The summed E-state index contributed by atoms with van der Waals surface area (Å²) in [7, 11) is 0. The lowest BCUT2D eigenvalue weighted by atomic mass is 10.2. The summed E-state index contributed by atoms with van der Waals surface area (Å²) in [6.07, 6.45) is 3.09. The third kappa shape index (κ3) is 6.72. The molecule has 0 spiro atoms. The summed E-state index contributed by atoms with van der Waals surface area (Å²) in [4.78, 5) is 16.8. The van der Waals surface area contributed by atoms with Crippen molar-refractivity contribution in [1.82, 2.24) is 15.1 Å². The molecule has 0 radical (unpaired) electrons. The fourth-order valence-corrected chi connectivity index (χ4v) is 2.89. The first kappa shape index (κ1) is 20.3. The van der Waals surface area contributed by atoms with Gasteiger partial charge in [-0.05, 0) is 37.2 Å². The number of hydrogen-bond donors (Lipinski definition) is 1. The van der Waals surface area contributed by atoms with E-state index in [0.29, 0.717) is 6.54 Å². The second kappa shape index (κ2) is 10.2. The van der Waals surface area contributed by atoms with Gasteiger partial charge >= 0.3 is 6.61 Å². The normalized spacial score (nSPS) is 17.6. The monoisotopic (exact) mass is 367 g/mol. The Hall–Kier alpha value is -1.99. The molecule has 1 aromatic carbocycles. The molecule has 5 nitrogen and oxygen atoms in total. The van der Waals surface area contributed by atoms with E-state index in [9.17, 15) is 13.6 Å². The van der Waals surface area contributed by atoms with Gasteiger partial charge in [0.1, 0.15) is 5.75 Å². The molecule has 0 aliphatic carbocycles. The van der Waals surface area contributed by atoms with Crippen LogP contribution in [0.1, 0.15) is 19.4 Å². The maximum absolute atomic E-state index is 12.1. The van der Waals surface area contributed by atoms with E-state index >= 15 is 0 Å². The molecule has 7 heteroatoms. The summed E-state index contributed by atoms with van der Waals surface area (Å²) < 4.78 is 28.5. The van der Waals surface area contributed by atoms with Gasteiger partial charge in [0.2, 0.25) is 5.91 Å². The highest BCUT2D eigenvalue weighted by molar-refractivity contribution is 5.91. The highest BCUT2D eigenvalue weighted by Gasteiger charge is 2.20. The molecule has 1 aliphatic heterocycles. The van der Waals surface area contributed by atoms with Crippen LogP contribution in [0.5, 0.6) is 5.75 Å². The minimum atomic E-state index is -2.84. The Kier molecular flexibility index (Phi) is 8.00. The van der Waals surface area contributed by atoms with Crippen molar-refractivity contribution in [3.8, 4) is 5.75 Å². The smallest absolute Gasteiger partial charge is 0.387 e. The van der Waals surface area contributed by atoms with Gasteiger partial charge in [-0.2, -0.15) is 8.78 Å². The van der Waals surface area contributed by atoms with Crippen LogP contribution >= 0.6 is 0 Å². The number of likely N-dealkylation sites (N-methyl/N-ethyl adjacent to an activating group) is 1. The van der Waals surface area contributed by atoms with Gasteiger partial charge in [0.05, 0.1) is 0 Å². The first-order valence-corrected chi connectivity index (χ1v) is 8.95. The van der Waals surface area contributed by atoms with Crippen molar-refractivity contribution >= 4 is 12.0 Å². The minimum absolute atomic E-state index is 0.0959. The maximum atomic E-state index is 12.1. The average Bonchev–Trinajstić information content (AvgIpc) is 2.65. The maximum Gasteiger partial charge on any atom is 0.387 e. The van der Waals surface area contributed by atoms with Crippen molar-refractivity contribution < 1.29 is 18.3 Å². The summed E-state index contributed by atoms with van der Waals surface area (Å²) in [6.45, 7) is 7.31. The Balaban J connectivity index is 1.73. The third-order valence-electron chi connectivity index (χ3n) is 4.58. The molecule has 1 aliphatic rings. The van der Waals surface area contributed by atoms with Gasteiger partial charge in [-0.15, -0.1) is 0 Å². The SMILES string of the molecule is CCN1CCN(C(C)CNC(=O)/C=C/c2ccc(OC(F)F)cc2)CC1. The number of nitrogens with one attached hydrogen (secondary N) is 1. The molecule has 1 atom stereocenters. The Bertz CT molecular complexity index is 585. The number of carbonyl (C=O) groups is 1. The standard InChI is InChI=1S/C19H27F2N3O2/c1-3-23-10-12-24(13-11-23)15(2)14-22-18(25)9-6-16-4-7-17(8-5-16)26-19(20)21/h4-9,15,19H,3,10-14H2,1-2H3,(H,22,25)/b9-6+. The second-order valence-corrected chi connectivity index (χ2v) is 6.35. The molecule has 1 amide bonds. The van der Waals surface area contributed by atoms with Crippen molar-refractivity contribution in [2.75, 3.05) is 39.3 Å². The number of amides is 1. The lowest BCUT2D eigenvalue weighted by Crippen LogP contribution is -2.52. The number of rotatable bonds is 8. The van der Waals surface area contributed by atoms with Crippen LogP contribution in [0.4, 0.5) is 8.78 Å². The number of nitrogens with zero attached hydrogens (tertiary/aromatic N) is 2. The van der Waals surface area contributed by atoms with Gasteiger partial charge in [0.15, 0.2) is 0 Å². The molecule has 2 rings (SSSR count). The fraction of sp³-hybridized carbons (Fsp3) is 0.526. The number of piperazine rings is 1. The van der Waals surface area contributed by atoms with Gasteiger partial charge in [-0.3, -0.25) is 9.69 Å². The van der Waals surface area contributed by atoms with Gasteiger partial charge in [0.25, 0.3) is 0 Å². The van der Waals surface area contributed by atoms with Crippen LogP contribution in [-0.2, 0) is 4.79 Å². The topological polar surface area (TPSA) is 44.8 Å². The van der Waals surface area contributed by atoms with Crippen molar-refractivity contribution in [1.29, 1.82) is 0 Å². The van der Waals surface area contributed by atoms with E-state index in [4.69, 9.17) is 0 Å². The number of ether oxygens (including phenoxy) is 1. The number of alkyl halides is 2. The molecule has 0 bridgehead atoms. The van der Waals surface area contributed by atoms with Crippen molar-refractivity contribution in [3.63, 3.8) is 0 Å². The highest BCUT2D eigenvalue weighted by Crippen LogP contribution is 2.15. The number of hydrogen-bond acceptors (Lipinski definition) is 4. The molecule has 1 fully saturated rings. The van der Waals surface area contributed by atoms with Gasteiger partial charge in [-0.1, -0.05) is 19.1 Å². The Morgan fingerprint density at radius 2 is 1.88 bits per heavy atom. The Morgan fingerprint density at radius 3 is 2.46 bits per heavy atom. The molecule has 0 aromatic heterocycles. The molecule has 144 valence electrons. The quantitative estimate of drug-likeness (QED) is 0.717. The average molecular weight is 367 g/mol. The largest absolute Gasteiger partial charge is 0.435 e. The van der Waals surface area contributed by atoms with Crippen LogP contribution in [-0.4, -0.2) is 67.6 Å². The van der Waals surface area contributed by atoms with Gasteiger partial charge in [0, 0.05) is 44.8 Å². The van der Waals surface area contributed by atoms with Crippen LogP contribution in [0.25, 0.3) is 6.08 Å². The zero-order chi connectivity index (χ0) is 18.9. The molecule has 26 heavy (non-hydrogen) atoms. The summed E-state index contributed by atoms with van der Waals surface area (Å²) in [5.41, 5.74) is 0.741. The molecule has 1 unspecified atom stereocenters. The summed E-state index contributed by atoms with van der Waals surface area (Å²) in [6, 6.07) is 6.43. The lowest BCUT2D eigenvalue weighted by Gasteiger charge is -2.37. The predicted octanol–water partition coefficient (Wildman–Crippen LogP) is 2.44. The first-order chi connectivity index (χ1) is 12.5. The van der Waals surface area contributed by atoms with Crippen LogP contribution in [0, 0.1) is 0 Å². The number of benzene rings is 1. The van der Waals surface area contributed by atoms with E-state index in [-0.39, 0.29) is 17.7 Å². The summed E-state index contributed by atoms with van der Waals surface area (Å²) >= 11 is 0. The molecular weight excluding hydrogens is 340 g/mol. The lowest BCUT2D eigenvalue weighted by molar-refractivity contribution is -0.116. The van der Waals surface area contributed by atoms with E-state index < -0.39 is 6.61 Å². The van der Waals surface area contributed by atoms with Crippen molar-refractivity contribution in [2.24, 2.45) is 0 Å². The second-order valence-electron chi connectivity index (χ2n) is 6.35. The zero-order valence-electron chi connectivity index (χ0n) is 15.3. The fourth-order valence-electron chi connectivity index (χ4n) is 2.89. The van der Waals surface area contributed by atoms with Crippen LogP contribution < -0.4 is 10.1 Å². The van der Waals surface area contributed by atoms with E-state index in [1.54, 1.807) is 18.2 Å². The van der Waals surface area contributed by atoms with Gasteiger partial charge in [-0.25, -0.2) is 0 Å². The predicted molar refractivity (Wildman–Crippen MR) is 98.3 cm³/mol. The third-order valence-corrected chi connectivity index (χ3v) is 4.58. The summed E-state index contributed by atoms with van der Waals surface area (Å²) in [5.74, 6) is -0.0736. The summed E-state index contributed by atoms with van der Waals surface area (Å²) in [5, 5.41) is 2.91. The molecular formula is C19H27F2N3O2. The molecule has 1 heterocycles. The minimum Gasteiger partial charge on any atom is -0.435 e. The van der Waals surface area contributed by atoms with E-state index in [1.807, 2.05) is 0 Å². The molecule has 0 saturated carbocycles.